The van der Waals surface area contributed by atoms with Gasteiger partial charge < -0.3 is 5.32 Å². The lowest BCUT2D eigenvalue weighted by Crippen LogP contribution is -2.20. The van der Waals surface area contributed by atoms with Gasteiger partial charge in [0.15, 0.2) is 0 Å². The summed E-state index contributed by atoms with van der Waals surface area (Å²) in [5.74, 6) is 0. The molecule has 3 rings (SSSR count). The quantitative estimate of drug-likeness (QED) is 0.817. The highest BCUT2D eigenvalue weighted by atomic mass is 14.9. The highest BCUT2D eigenvalue weighted by Gasteiger charge is 2.14. The van der Waals surface area contributed by atoms with Crippen molar-refractivity contribution in [2.75, 3.05) is 5.32 Å². The SMILES string of the molecule is CC=C1C=CC=CC1Nc1ccccc1C1=CC=CC1. The van der Waals surface area contributed by atoms with Gasteiger partial charge in [-0.1, -0.05) is 66.8 Å². The van der Waals surface area contributed by atoms with Crippen LogP contribution in [0.15, 0.2) is 78.4 Å². The fraction of sp³-hybridized carbons (Fsp3) is 0.158. The van der Waals surface area contributed by atoms with Gasteiger partial charge in [0.25, 0.3) is 0 Å². The molecule has 1 unspecified atom stereocenters. The van der Waals surface area contributed by atoms with E-state index in [1.54, 1.807) is 0 Å². The molecule has 100 valence electrons. The third-order valence-electron chi connectivity index (χ3n) is 3.75. The Bertz CT molecular complexity index is 641. The molecule has 1 nitrogen and oxygen atoms in total. The van der Waals surface area contributed by atoms with Gasteiger partial charge in [-0.2, -0.15) is 0 Å². The van der Waals surface area contributed by atoms with Gasteiger partial charge in [-0.3, -0.25) is 0 Å². The Hall–Kier alpha value is -2.28. The van der Waals surface area contributed by atoms with E-state index in [0.29, 0.717) is 0 Å². The van der Waals surface area contributed by atoms with Gasteiger partial charge in [0.2, 0.25) is 0 Å². The van der Waals surface area contributed by atoms with E-state index in [-0.39, 0.29) is 6.04 Å². The molecule has 0 aromatic heterocycles. The van der Waals surface area contributed by atoms with Crippen molar-refractivity contribution >= 4 is 11.3 Å². The second kappa shape index (κ2) is 5.79. The summed E-state index contributed by atoms with van der Waals surface area (Å²) < 4.78 is 0. The van der Waals surface area contributed by atoms with Crippen molar-refractivity contribution in [3.05, 3.63) is 84.0 Å². The summed E-state index contributed by atoms with van der Waals surface area (Å²) in [6.45, 7) is 2.09. The molecule has 0 aliphatic heterocycles. The zero-order valence-electron chi connectivity index (χ0n) is 11.7. The lowest BCUT2D eigenvalue weighted by molar-refractivity contribution is 1.04. The average molecular weight is 261 g/mol. The van der Waals surface area contributed by atoms with Gasteiger partial charge >= 0.3 is 0 Å². The standard InChI is InChI=1S/C19H19N/c1-2-15-9-5-7-13-18(15)20-19-14-8-6-12-17(19)16-10-3-4-11-16/h2-10,12-14,18,20H,11H2,1H3. The van der Waals surface area contributed by atoms with Gasteiger partial charge in [0.05, 0.1) is 6.04 Å². The highest BCUT2D eigenvalue weighted by Crippen LogP contribution is 2.30. The first kappa shape index (κ1) is 12.7. The molecule has 20 heavy (non-hydrogen) atoms. The first-order chi connectivity index (χ1) is 9.88. The number of hydrogen-bond donors (Lipinski definition) is 1. The molecule has 0 fully saturated rings. The Labute approximate surface area is 120 Å². The van der Waals surface area contributed by atoms with Gasteiger partial charge in [-0.15, -0.1) is 0 Å². The van der Waals surface area contributed by atoms with E-state index in [0.717, 1.165) is 6.42 Å². The van der Waals surface area contributed by atoms with Crippen LogP contribution >= 0.6 is 0 Å². The number of allylic oxidation sites excluding steroid dienone is 7. The molecule has 0 saturated carbocycles. The predicted molar refractivity (Wildman–Crippen MR) is 87.6 cm³/mol. The minimum absolute atomic E-state index is 0.251. The largest absolute Gasteiger partial charge is 0.374 e. The molecule has 0 amide bonds. The predicted octanol–water partition coefficient (Wildman–Crippen LogP) is 4.88. The van der Waals surface area contributed by atoms with Crippen molar-refractivity contribution < 1.29 is 0 Å². The molecule has 1 atom stereocenters. The molecular weight excluding hydrogens is 242 g/mol. The van der Waals surface area contributed by atoms with Gasteiger partial charge in [0.1, 0.15) is 0 Å². The van der Waals surface area contributed by atoms with Crippen LogP contribution in [0.4, 0.5) is 5.69 Å². The van der Waals surface area contributed by atoms with Crippen molar-refractivity contribution in [1.82, 2.24) is 0 Å². The van der Waals surface area contributed by atoms with Gasteiger partial charge in [0, 0.05) is 11.3 Å². The van der Waals surface area contributed by atoms with E-state index in [2.05, 4.69) is 85.1 Å². The van der Waals surface area contributed by atoms with Crippen LogP contribution in [0.25, 0.3) is 5.57 Å². The summed E-state index contributed by atoms with van der Waals surface area (Å²) in [5, 5.41) is 3.65. The van der Waals surface area contributed by atoms with Crippen LogP contribution < -0.4 is 5.32 Å². The zero-order valence-corrected chi connectivity index (χ0v) is 11.7. The summed E-state index contributed by atoms with van der Waals surface area (Å²) in [4.78, 5) is 0. The molecule has 1 aromatic carbocycles. The third-order valence-corrected chi connectivity index (χ3v) is 3.75. The first-order valence-electron chi connectivity index (χ1n) is 7.11. The number of rotatable bonds is 3. The maximum Gasteiger partial charge on any atom is 0.0698 e. The second-order valence-corrected chi connectivity index (χ2v) is 5.02. The molecular formula is C19H19N. The van der Waals surface area contributed by atoms with Crippen LogP contribution in [-0.4, -0.2) is 6.04 Å². The molecule has 0 bridgehead atoms. The summed E-state index contributed by atoms with van der Waals surface area (Å²) in [7, 11) is 0. The van der Waals surface area contributed by atoms with Crippen molar-refractivity contribution in [2.45, 2.75) is 19.4 Å². The van der Waals surface area contributed by atoms with Crippen molar-refractivity contribution in [3.8, 4) is 0 Å². The van der Waals surface area contributed by atoms with Crippen LogP contribution in [0.1, 0.15) is 18.9 Å². The van der Waals surface area contributed by atoms with Crippen molar-refractivity contribution in [2.24, 2.45) is 0 Å². The molecule has 1 N–H and O–H groups in total. The molecule has 1 aromatic rings. The van der Waals surface area contributed by atoms with E-state index in [4.69, 9.17) is 0 Å². The molecule has 2 aliphatic rings. The van der Waals surface area contributed by atoms with Crippen LogP contribution in [-0.2, 0) is 0 Å². The third kappa shape index (κ3) is 2.53. The number of para-hydroxylation sites is 1. The lowest BCUT2D eigenvalue weighted by atomic mass is 9.99. The van der Waals surface area contributed by atoms with Crippen molar-refractivity contribution in [1.29, 1.82) is 0 Å². The topological polar surface area (TPSA) is 12.0 Å². The summed E-state index contributed by atoms with van der Waals surface area (Å²) in [6.07, 6.45) is 18.3. The average Bonchev–Trinajstić information content (AvgIpc) is 3.02. The van der Waals surface area contributed by atoms with Gasteiger partial charge in [-0.25, -0.2) is 0 Å². The maximum absolute atomic E-state index is 3.65. The maximum atomic E-state index is 3.65. The van der Waals surface area contributed by atoms with Gasteiger partial charge in [-0.05, 0) is 30.6 Å². The summed E-state index contributed by atoms with van der Waals surface area (Å²) in [6, 6.07) is 8.80. The fourth-order valence-corrected chi connectivity index (χ4v) is 2.67. The second-order valence-electron chi connectivity index (χ2n) is 5.02. The van der Waals surface area contributed by atoms with E-state index >= 15 is 0 Å². The molecule has 0 spiro atoms. The Morgan fingerprint density at radius 3 is 2.85 bits per heavy atom. The molecule has 1 heteroatoms. The number of benzene rings is 1. The molecule has 0 saturated heterocycles. The monoisotopic (exact) mass is 261 g/mol. The van der Waals surface area contributed by atoms with E-state index < -0.39 is 0 Å². The molecule has 0 radical (unpaired) electrons. The molecule has 2 aliphatic carbocycles. The van der Waals surface area contributed by atoms with Crippen LogP contribution in [0.5, 0.6) is 0 Å². The normalized spacial score (nSPS) is 22.4. The van der Waals surface area contributed by atoms with Crippen LogP contribution in [0.2, 0.25) is 0 Å². The summed E-state index contributed by atoms with van der Waals surface area (Å²) in [5.41, 5.74) is 5.19. The van der Waals surface area contributed by atoms with Crippen LogP contribution in [0.3, 0.4) is 0 Å². The number of hydrogen-bond acceptors (Lipinski definition) is 1. The smallest absolute Gasteiger partial charge is 0.0698 e. The molecule has 0 heterocycles. The van der Waals surface area contributed by atoms with E-state index in [9.17, 15) is 0 Å². The summed E-state index contributed by atoms with van der Waals surface area (Å²) >= 11 is 0. The zero-order chi connectivity index (χ0) is 13.8. The Balaban J connectivity index is 1.88. The Morgan fingerprint density at radius 2 is 2.05 bits per heavy atom. The minimum Gasteiger partial charge on any atom is -0.374 e. The minimum atomic E-state index is 0.251. The highest BCUT2D eigenvalue weighted by molar-refractivity contribution is 5.80. The lowest BCUT2D eigenvalue weighted by Gasteiger charge is -2.22. The number of nitrogens with one attached hydrogen (secondary N) is 1. The fourth-order valence-electron chi connectivity index (χ4n) is 2.67. The Morgan fingerprint density at radius 1 is 1.15 bits per heavy atom. The van der Waals surface area contributed by atoms with E-state index in [1.807, 2.05) is 0 Å². The number of anilines is 1. The Kier molecular flexibility index (Phi) is 3.69. The van der Waals surface area contributed by atoms with E-state index in [1.165, 1.54) is 22.4 Å². The first-order valence-corrected chi connectivity index (χ1v) is 7.11. The van der Waals surface area contributed by atoms with Crippen LogP contribution in [0, 0.1) is 0 Å². The van der Waals surface area contributed by atoms with Crippen molar-refractivity contribution in [3.63, 3.8) is 0 Å².